The molecule has 0 nitrogen and oxygen atoms in total. The number of aryl methyl sites for hydroxylation is 2. The summed E-state index contributed by atoms with van der Waals surface area (Å²) in [7, 11) is 0. The molecule has 0 saturated carbocycles. The fourth-order valence-electron chi connectivity index (χ4n) is 1.65. The first-order valence-electron chi connectivity index (χ1n) is 5.19. The molecule has 2 rings (SSSR count). The molecule has 0 radical (unpaired) electrons. The molecule has 84 valence electrons. The standard InChI is InChI=1S/C11H16S4/c1-4-12-5-9-6-13-10-7(2)14-8(3)11(10)15-9/h9H,4-6H2,1-3H3. The second-order valence-corrected chi connectivity index (χ2v) is 8.67. The monoisotopic (exact) mass is 276 g/mol. The van der Waals surface area contributed by atoms with E-state index < -0.39 is 0 Å². The number of hydrogen-bond donors (Lipinski definition) is 0. The van der Waals surface area contributed by atoms with Crippen LogP contribution in [0.15, 0.2) is 9.79 Å². The van der Waals surface area contributed by atoms with E-state index in [1.807, 2.05) is 11.3 Å². The van der Waals surface area contributed by atoms with E-state index in [0.29, 0.717) is 0 Å². The van der Waals surface area contributed by atoms with Crippen molar-refractivity contribution in [2.45, 2.75) is 35.8 Å². The Bertz CT molecular complexity index is 343. The third-order valence-electron chi connectivity index (χ3n) is 2.36. The molecule has 0 saturated heterocycles. The van der Waals surface area contributed by atoms with E-state index >= 15 is 0 Å². The van der Waals surface area contributed by atoms with Gasteiger partial charge in [-0.2, -0.15) is 11.8 Å². The van der Waals surface area contributed by atoms with Gasteiger partial charge in [-0.25, -0.2) is 0 Å². The predicted molar refractivity (Wildman–Crippen MR) is 77.2 cm³/mol. The number of thioether (sulfide) groups is 3. The Hall–Kier alpha value is 0.750. The summed E-state index contributed by atoms with van der Waals surface area (Å²) < 4.78 is 0. The smallest absolute Gasteiger partial charge is 0.0351 e. The molecule has 1 aliphatic rings. The Morgan fingerprint density at radius 1 is 1.27 bits per heavy atom. The van der Waals surface area contributed by atoms with E-state index in [4.69, 9.17) is 0 Å². The minimum absolute atomic E-state index is 0.820. The number of thiophene rings is 1. The summed E-state index contributed by atoms with van der Waals surface area (Å²) in [6, 6.07) is 0. The third-order valence-corrected chi connectivity index (χ3v) is 8.02. The second kappa shape index (κ2) is 5.39. The highest BCUT2D eigenvalue weighted by Crippen LogP contribution is 2.48. The van der Waals surface area contributed by atoms with Crippen molar-refractivity contribution >= 4 is 46.6 Å². The van der Waals surface area contributed by atoms with Crippen molar-refractivity contribution in [1.29, 1.82) is 0 Å². The van der Waals surface area contributed by atoms with Crippen LogP contribution >= 0.6 is 46.6 Å². The van der Waals surface area contributed by atoms with E-state index in [-0.39, 0.29) is 0 Å². The van der Waals surface area contributed by atoms with E-state index in [2.05, 4.69) is 56.1 Å². The lowest BCUT2D eigenvalue weighted by molar-refractivity contribution is 1.09. The van der Waals surface area contributed by atoms with Gasteiger partial charge in [-0.1, -0.05) is 6.92 Å². The number of fused-ring (bicyclic) bond motifs is 1. The van der Waals surface area contributed by atoms with Crippen LogP contribution in [0.25, 0.3) is 0 Å². The molecular formula is C11H16S4. The molecule has 0 spiro atoms. The van der Waals surface area contributed by atoms with Gasteiger partial charge in [0, 0.05) is 36.3 Å². The van der Waals surface area contributed by atoms with Crippen LogP contribution in [0.3, 0.4) is 0 Å². The van der Waals surface area contributed by atoms with E-state index in [0.717, 1.165) is 5.25 Å². The summed E-state index contributed by atoms with van der Waals surface area (Å²) in [5.74, 6) is 3.85. The fraction of sp³-hybridized carbons (Fsp3) is 0.636. The molecule has 0 N–H and O–H groups in total. The molecule has 0 amide bonds. The predicted octanol–water partition coefficient (Wildman–Crippen LogP) is 4.68. The Morgan fingerprint density at radius 3 is 2.73 bits per heavy atom. The Kier molecular flexibility index (Phi) is 4.39. The zero-order valence-corrected chi connectivity index (χ0v) is 12.6. The Labute approximate surface area is 109 Å². The number of hydrogen-bond acceptors (Lipinski definition) is 4. The topological polar surface area (TPSA) is 0 Å². The Morgan fingerprint density at radius 2 is 2.00 bits per heavy atom. The minimum atomic E-state index is 0.820. The number of rotatable bonds is 3. The maximum absolute atomic E-state index is 2.26. The first kappa shape index (κ1) is 12.2. The highest BCUT2D eigenvalue weighted by atomic mass is 32.2. The van der Waals surface area contributed by atoms with Gasteiger partial charge in [0.15, 0.2) is 0 Å². The Balaban J connectivity index is 2.09. The zero-order valence-electron chi connectivity index (χ0n) is 9.33. The molecule has 15 heavy (non-hydrogen) atoms. The second-order valence-electron chi connectivity index (χ2n) is 3.58. The molecule has 2 heterocycles. The van der Waals surface area contributed by atoms with Crippen molar-refractivity contribution < 1.29 is 0 Å². The molecule has 1 aromatic rings. The molecule has 0 aromatic carbocycles. The maximum Gasteiger partial charge on any atom is 0.0351 e. The molecule has 0 aliphatic carbocycles. The van der Waals surface area contributed by atoms with E-state index in [1.165, 1.54) is 27.0 Å². The van der Waals surface area contributed by atoms with Crippen molar-refractivity contribution in [1.82, 2.24) is 0 Å². The first-order valence-corrected chi connectivity index (χ1v) is 9.03. The summed E-state index contributed by atoms with van der Waals surface area (Å²) >= 11 is 8.22. The van der Waals surface area contributed by atoms with Crippen LogP contribution < -0.4 is 0 Å². The molecule has 1 aliphatic heterocycles. The average Bonchev–Trinajstić information content (AvgIpc) is 2.52. The van der Waals surface area contributed by atoms with Crippen LogP contribution in [0.5, 0.6) is 0 Å². The maximum atomic E-state index is 2.26. The van der Waals surface area contributed by atoms with Crippen LogP contribution in [0.1, 0.15) is 16.7 Å². The normalized spacial score (nSPS) is 20.3. The summed E-state index contributed by atoms with van der Waals surface area (Å²) in [4.78, 5) is 6.18. The molecule has 1 aromatic heterocycles. The first-order chi connectivity index (χ1) is 7.22. The van der Waals surface area contributed by atoms with Crippen molar-refractivity contribution in [2.24, 2.45) is 0 Å². The van der Waals surface area contributed by atoms with Gasteiger partial charge in [0.05, 0.1) is 0 Å². The average molecular weight is 277 g/mol. The van der Waals surface area contributed by atoms with Gasteiger partial charge in [-0.3, -0.25) is 0 Å². The van der Waals surface area contributed by atoms with E-state index in [9.17, 15) is 0 Å². The quantitative estimate of drug-likeness (QED) is 0.786. The van der Waals surface area contributed by atoms with Crippen LogP contribution in [0, 0.1) is 13.8 Å². The summed E-state index contributed by atoms with van der Waals surface area (Å²) in [6.45, 7) is 6.77. The van der Waals surface area contributed by atoms with Crippen molar-refractivity contribution in [3.8, 4) is 0 Å². The lowest BCUT2D eigenvalue weighted by atomic mass is 10.4. The van der Waals surface area contributed by atoms with Gasteiger partial charge in [0.1, 0.15) is 0 Å². The molecule has 0 bridgehead atoms. The van der Waals surface area contributed by atoms with Gasteiger partial charge >= 0.3 is 0 Å². The zero-order chi connectivity index (χ0) is 10.8. The highest BCUT2D eigenvalue weighted by molar-refractivity contribution is 8.07. The summed E-state index contributed by atoms with van der Waals surface area (Å²) in [5, 5.41) is 0.820. The largest absolute Gasteiger partial charge is 0.161 e. The van der Waals surface area contributed by atoms with Gasteiger partial charge in [0.25, 0.3) is 0 Å². The molecule has 1 unspecified atom stereocenters. The van der Waals surface area contributed by atoms with Gasteiger partial charge in [-0.05, 0) is 19.6 Å². The summed E-state index contributed by atoms with van der Waals surface area (Å²) in [6.07, 6.45) is 0. The van der Waals surface area contributed by atoms with Gasteiger partial charge < -0.3 is 0 Å². The minimum Gasteiger partial charge on any atom is -0.161 e. The lowest BCUT2D eigenvalue weighted by Gasteiger charge is -2.21. The van der Waals surface area contributed by atoms with Crippen molar-refractivity contribution in [2.75, 3.05) is 17.3 Å². The van der Waals surface area contributed by atoms with Crippen LogP contribution in [-0.4, -0.2) is 22.5 Å². The third kappa shape index (κ3) is 2.71. The van der Waals surface area contributed by atoms with Crippen molar-refractivity contribution in [3.63, 3.8) is 0 Å². The molecular weight excluding hydrogens is 260 g/mol. The van der Waals surface area contributed by atoms with E-state index in [1.54, 1.807) is 9.79 Å². The highest BCUT2D eigenvalue weighted by Gasteiger charge is 2.24. The molecule has 1 atom stereocenters. The van der Waals surface area contributed by atoms with Crippen LogP contribution in [-0.2, 0) is 0 Å². The fourth-order valence-corrected chi connectivity index (χ4v) is 7.04. The lowest BCUT2D eigenvalue weighted by Crippen LogP contribution is -2.13. The van der Waals surface area contributed by atoms with Crippen LogP contribution in [0.4, 0.5) is 0 Å². The molecule has 4 heteroatoms. The van der Waals surface area contributed by atoms with Crippen LogP contribution in [0.2, 0.25) is 0 Å². The van der Waals surface area contributed by atoms with Gasteiger partial charge in [-0.15, -0.1) is 34.9 Å². The summed E-state index contributed by atoms with van der Waals surface area (Å²) in [5.41, 5.74) is 0. The molecule has 0 fully saturated rings. The van der Waals surface area contributed by atoms with Gasteiger partial charge in [0.2, 0.25) is 0 Å². The van der Waals surface area contributed by atoms with Crippen molar-refractivity contribution in [3.05, 3.63) is 9.75 Å². The SMILES string of the molecule is CCSCC1CSc2c(C)sc(C)c2S1.